The average molecular weight is 462 g/mol. The van der Waals surface area contributed by atoms with Gasteiger partial charge in [-0.25, -0.2) is 0 Å². The molecular formula is C27H47N3O3. The molecule has 0 aliphatic heterocycles. The van der Waals surface area contributed by atoms with Crippen molar-refractivity contribution in [2.75, 3.05) is 18.7 Å². The van der Waals surface area contributed by atoms with E-state index >= 15 is 0 Å². The Morgan fingerprint density at radius 2 is 1.88 bits per heavy atom. The van der Waals surface area contributed by atoms with Gasteiger partial charge in [-0.1, -0.05) is 70.1 Å². The highest BCUT2D eigenvalue weighted by atomic mass is 16.5. The number of aliphatic hydroxyl groups excluding tert-OH is 1. The average Bonchev–Trinajstić information content (AvgIpc) is 2.82. The minimum absolute atomic E-state index is 0.0870. The molecule has 2 unspecified atom stereocenters. The summed E-state index contributed by atoms with van der Waals surface area (Å²) in [6.07, 6.45) is 9.71. The number of para-hydroxylation sites is 1. The van der Waals surface area contributed by atoms with Gasteiger partial charge < -0.3 is 15.6 Å². The Labute approximate surface area is 201 Å². The van der Waals surface area contributed by atoms with Crippen molar-refractivity contribution < 1.29 is 14.6 Å². The summed E-state index contributed by atoms with van der Waals surface area (Å²) in [4.78, 5) is 12.9. The summed E-state index contributed by atoms with van der Waals surface area (Å²) in [5, 5.41) is 12.5. The number of carbonyl (C=O) groups is 1. The fourth-order valence-electron chi connectivity index (χ4n) is 4.66. The SMILES string of the molecule is COC(C)(C)CCCC(C)CCN(NC(=O)C(O)[C@H](N)CC1CCCCC1)c1ccccc1. The van der Waals surface area contributed by atoms with E-state index < -0.39 is 18.1 Å². The molecule has 1 amide bonds. The number of carbonyl (C=O) groups excluding carboxylic acids is 1. The predicted octanol–water partition coefficient (Wildman–Crippen LogP) is 4.80. The highest BCUT2D eigenvalue weighted by Crippen LogP contribution is 2.27. The minimum atomic E-state index is -1.20. The maximum absolute atomic E-state index is 12.9. The summed E-state index contributed by atoms with van der Waals surface area (Å²) >= 11 is 0. The van der Waals surface area contributed by atoms with Crippen LogP contribution in [0.2, 0.25) is 0 Å². The maximum Gasteiger partial charge on any atom is 0.268 e. The van der Waals surface area contributed by atoms with Crippen LogP contribution in [-0.2, 0) is 9.53 Å². The third-order valence-electron chi connectivity index (χ3n) is 7.19. The maximum atomic E-state index is 12.9. The number of rotatable bonds is 14. The quantitative estimate of drug-likeness (QED) is 0.346. The van der Waals surface area contributed by atoms with E-state index in [1.165, 1.54) is 19.3 Å². The molecule has 4 N–H and O–H groups in total. The number of hydrazine groups is 1. The van der Waals surface area contributed by atoms with Gasteiger partial charge >= 0.3 is 0 Å². The van der Waals surface area contributed by atoms with Crippen molar-refractivity contribution in [3.8, 4) is 0 Å². The van der Waals surface area contributed by atoms with Crippen LogP contribution in [0.3, 0.4) is 0 Å². The van der Waals surface area contributed by atoms with Gasteiger partial charge in [-0.05, 0) is 57.1 Å². The standard InChI is InChI=1S/C27H47N3O3/c1-21(12-11-18-27(2,3)33-4)17-19-30(23-15-9-6-10-16-23)29-26(32)25(31)24(28)20-22-13-7-5-8-14-22/h6,9-10,15-16,21-22,24-25,31H,5,7-8,11-14,17-20,28H2,1-4H3,(H,29,32)/t21?,24-,25?/m1/s1. The highest BCUT2D eigenvalue weighted by molar-refractivity contribution is 5.82. The number of methoxy groups -OCH3 is 1. The summed E-state index contributed by atoms with van der Waals surface area (Å²) in [5.74, 6) is 0.612. The number of hydrogen-bond acceptors (Lipinski definition) is 5. The molecule has 0 bridgehead atoms. The Morgan fingerprint density at radius 1 is 1.21 bits per heavy atom. The molecule has 1 saturated carbocycles. The summed E-state index contributed by atoms with van der Waals surface area (Å²) in [6.45, 7) is 7.16. The van der Waals surface area contributed by atoms with E-state index in [0.29, 0.717) is 24.8 Å². The Kier molecular flexibility index (Phi) is 11.7. The molecule has 2 rings (SSSR count). The molecule has 0 heterocycles. The van der Waals surface area contributed by atoms with Crippen LogP contribution in [0.15, 0.2) is 30.3 Å². The van der Waals surface area contributed by atoms with E-state index in [1.54, 1.807) is 7.11 Å². The predicted molar refractivity (Wildman–Crippen MR) is 136 cm³/mol. The first-order chi connectivity index (χ1) is 15.7. The molecule has 1 fully saturated rings. The van der Waals surface area contributed by atoms with E-state index in [9.17, 15) is 9.90 Å². The highest BCUT2D eigenvalue weighted by Gasteiger charge is 2.28. The third kappa shape index (κ3) is 10.0. The lowest BCUT2D eigenvalue weighted by Gasteiger charge is -2.30. The van der Waals surface area contributed by atoms with Crippen molar-refractivity contribution >= 4 is 11.6 Å². The number of nitrogens with one attached hydrogen (secondary N) is 1. The number of aliphatic hydroxyl groups is 1. The molecule has 1 aliphatic rings. The second-order valence-electron chi connectivity index (χ2n) is 10.6. The molecule has 0 spiro atoms. The van der Waals surface area contributed by atoms with Gasteiger partial charge in [0.15, 0.2) is 0 Å². The smallest absolute Gasteiger partial charge is 0.268 e. The second kappa shape index (κ2) is 13.9. The summed E-state index contributed by atoms with van der Waals surface area (Å²) < 4.78 is 5.52. The van der Waals surface area contributed by atoms with E-state index in [1.807, 2.05) is 35.3 Å². The monoisotopic (exact) mass is 461 g/mol. The Morgan fingerprint density at radius 3 is 2.52 bits per heavy atom. The fourth-order valence-corrected chi connectivity index (χ4v) is 4.66. The molecule has 0 radical (unpaired) electrons. The molecule has 33 heavy (non-hydrogen) atoms. The fraction of sp³-hybridized carbons (Fsp3) is 0.741. The van der Waals surface area contributed by atoms with Gasteiger partial charge in [0.25, 0.3) is 5.91 Å². The van der Waals surface area contributed by atoms with Crippen LogP contribution < -0.4 is 16.2 Å². The second-order valence-corrected chi connectivity index (χ2v) is 10.6. The lowest BCUT2D eigenvalue weighted by Crippen LogP contribution is -2.53. The van der Waals surface area contributed by atoms with Crippen molar-refractivity contribution in [3.63, 3.8) is 0 Å². The van der Waals surface area contributed by atoms with Crippen LogP contribution in [0, 0.1) is 11.8 Å². The summed E-state index contributed by atoms with van der Waals surface area (Å²) in [6, 6.07) is 9.28. The number of anilines is 1. The molecule has 188 valence electrons. The van der Waals surface area contributed by atoms with E-state index in [-0.39, 0.29) is 5.60 Å². The van der Waals surface area contributed by atoms with Crippen LogP contribution in [0.5, 0.6) is 0 Å². The van der Waals surface area contributed by atoms with Crippen LogP contribution in [0.1, 0.15) is 85.0 Å². The van der Waals surface area contributed by atoms with Gasteiger partial charge in [-0.3, -0.25) is 15.2 Å². The Hall–Kier alpha value is -1.63. The number of nitrogens with zero attached hydrogens (tertiary/aromatic N) is 1. The molecule has 6 nitrogen and oxygen atoms in total. The molecule has 6 heteroatoms. The molecule has 0 aromatic heterocycles. The number of amides is 1. The van der Waals surface area contributed by atoms with Gasteiger partial charge in [0.05, 0.1) is 11.3 Å². The molecule has 0 saturated heterocycles. The zero-order valence-electron chi connectivity index (χ0n) is 21.3. The zero-order valence-corrected chi connectivity index (χ0v) is 21.3. The van der Waals surface area contributed by atoms with Crippen LogP contribution in [0.25, 0.3) is 0 Å². The van der Waals surface area contributed by atoms with E-state index in [4.69, 9.17) is 10.5 Å². The van der Waals surface area contributed by atoms with Gasteiger partial charge in [-0.2, -0.15) is 0 Å². The van der Waals surface area contributed by atoms with Crippen LogP contribution in [-0.4, -0.2) is 42.4 Å². The largest absolute Gasteiger partial charge is 0.382 e. The normalized spacial score (nSPS) is 17.9. The van der Waals surface area contributed by atoms with Crippen molar-refractivity contribution in [3.05, 3.63) is 30.3 Å². The van der Waals surface area contributed by atoms with Gasteiger partial charge in [-0.15, -0.1) is 0 Å². The van der Waals surface area contributed by atoms with Crippen molar-refractivity contribution in [2.24, 2.45) is 17.6 Å². The van der Waals surface area contributed by atoms with Crippen molar-refractivity contribution in [1.29, 1.82) is 0 Å². The summed E-state index contributed by atoms with van der Waals surface area (Å²) in [7, 11) is 1.76. The van der Waals surface area contributed by atoms with E-state index in [2.05, 4.69) is 26.2 Å². The van der Waals surface area contributed by atoms with Crippen LogP contribution >= 0.6 is 0 Å². The first-order valence-electron chi connectivity index (χ1n) is 12.8. The minimum Gasteiger partial charge on any atom is -0.382 e. The number of hydrogen-bond donors (Lipinski definition) is 3. The summed E-state index contributed by atoms with van der Waals surface area (Å²) in [5.41, 5.74) is 10.0. The van der Waals surface area contributed by atoms with Gasteiger partial charge in [0.1, 0.15) is 6.10 Å². The van der Waals surface area contributed by atoms with Crippen molar-refractivity contribution in [2.45, 2.75) is 103 Å². The number of ether oxygens (including phenoxy) is 1. The van der Waals surface area contributed by atoms with Crippen molar-refractivity contribution in [1.82, 2.24) is 5.43 Å². The first-order valence-corrected chi connectivity index (χ1v) is 12.8. The topological polar surface area (TPSA) is 87.8 Å². The molecular weight excluding hydrogens is 414 g/mol. The van der Waals surface area contributed by atoms with E-state index in [0.717, 1.165) is 44.2 Å². The molecule has 1 aromatic rings. The number of benzene rings is 1. The van der Waals surface area contributed by atoms with Crippen LogP contribution in [0.4, 0.5) is 5.69 Å². The molecule has 3 atom stereocenters. The lowest BCUT2D eigenvalue weighted by atomic mass is 9.84. The van der Waals surface area contributed by atoms with Gasteiger partial charge in [0.2, 0.25) is 0 Å². The molecule has 1 aromatic carbocycles. The Bertz CT molecular complexity index is 676. The lowest BCUT2D eigenvalue weighted by molar-refractivity contribution is -0.130. The number of nitrogens with two attached hydrogens (primary N) is 1. The third-order valence-corrected chi connectivity index (χ3v) is 7.19. The van der Waals surface area contributed by atoms with Gasteiger partial charge in [0, 0.05) is 19.7 Å². The zero-order chi connectivity index (χ0) is 24.3. The first kappa shape index (κ1) is 27.6. The Balaban J connectivity index is 1.89. The molecule has 1 aliphatic carbocycles.